The smallest absolute Gasteiger partial charge is 0.0938 e. The average Bonchev–Trinajstić information content (AvgIpc) is 2.21. The normalized spacial score (nSPS) is 47.0. The number of hydrogen-bond donors (Lipinski definition) is 1. The van der Waals surface area contributed by atoms with Crippen molar-refractivity contribution in [3.05, 3.63) is 0 Å². The second kappa shape index (κ2) is 2.14. The minimum Gasteiger partial charge on any atom is -1.00 e. The number of halogens is 1. The second-order valence-electron chi connectivity index (χ2n) is 3.70. The Labute approximate surface area is 62.6 Å². The van der Waals surface area contributed by atoms with E-state index in [1.54, 1.807) is 0 Å². The van der Waals surface area contributed by atoms with Crippen molar-refractivity contribution < 1.29 is 17.7 Å². The van der Waals surface area contributed by atoms with Crippen molar-refractivity contribution in [2.45, 2.75) is 31.7 Å². The Bertz CT molecular complexity index is 105. The zero-order valence-corrected chi connectivity index (χ0v) is 6.62. The molecule has 54 valence electrons. The molecule has 0 radical (unpaired) electrons. The van der Waals surface area contributed by atoms with Crippen LogP contribution in [0.5, 0.6) is 0 Å². The summed E-state index contributed by atoms with van der Waals surface area (Å²) in [4.78, 5) is 0. The van der Waals surface area contributed by atoms with Crippen molar-refractivity contribution >= 4 is 0 Å². The minimum absolute atomic E-state index is 0. The molecule has 1 heterocycles. The van der Waals surface area contributed by atoms with Gasteiger partial charge in [0, 0.05) is 18.8 Å². The van der Waals surface area contributed by atoms with Crippen LogP contribution in [0.1, 0.15) is 26.2 Å². The van der Waals surface area contributed by atoms with Gasteiger partial charge in [-0.25, -0.2) is 0 Å². The first kappa shape index (κ1) is 7.36. The van der Waals surface area contributed by atoms with Crippen molar-refractivity contribution in [2.75, 3.05) is 6.54 Å². The molecule has 2 unspecified atom stereocenters. The fraction of sp³-hybridized carbons (Fsp3) is 1.00. The molecule has 2 fully saturated rings. The molecule has 2 heteroatoms. The van der Waals surface area contributed by atoms with Gasteiger partial charge in [-0.1, -0.05) is 0 Å². The molecule has 2 atom stereocenters. The highest BCUT2D eigenvalue weighted by Crippen LogP contribution is 2.34. The maximum absolute atomic E-state index is 2.53. The fourth-order valence-electron chi connectivity index (χ4n) is 2.24. The van der Waals surface area contributed by atoms with Crippen LogP contribution in [0.25, 0.3) is 0 Å². The van der Waals surface area contributed by atoms with Crippen molar-refractivity contribution in [2.24, 2.45) is 5.92 Å². The van der Waals surface area contributed by atoms with Gasteiger partial charge in [-0.2, -0.15) is 0 Å². The third-order valence-electron chi connectivity index (χ3n) is 2.82. The van der Waals surface area contributed by atoms with Crippen LogP contribution < -0.4 is 17.7 Å². The summed E-state index contributed by atoms with van der Waals surface area (Å²) in [5, 5.41) is 2.53. The van der Waals surface area contributed by atoms with Gasteiger partial charge in [0.05, 0.1) is 12.1 Å². The standard InChI is InChI=1S/C7H13N.ClH/c1-7-3-2-6(4-7)5-8-7;/h6,8H,2-5H2,1H3;1H. The van der Waals surface area contributed by atoms with Gasteiger partial charge in [0.1, 0.15) is 0 Å². The first-order valence-electron chi connectivity index (χ1n) is 3.63. The van der Waals surface area contributed by atoms with E-state index in [0.717, 1.165) is 5.92 Å². The van der Waals surface area contributed by atoms with Crippen LogP contribution in [0, 0.1) is 5.92 Å². The van der Waals surface area contributed by atoms with E-state index in [0.29, 0.717) is 5.54 Å². The molecule has 0 aromatic heterocycles. The van der Waals surface area contributed by atoms with E-state index in [-0.39, 0.29) is 12.4 Å². The van der Waals surface area contributed by atoms with Crippen molar-refractivity contribution in [1.82, 2.24) is 0 Å². The van der Waals surface area contributed by atoms with Crippen LogP contribution in [0.4, 0.5) is 0 Å². The van der Waals surface area contributed by atoms with E-state index in [1.165, 1.54) is 25.8 Å². The molecule has 0 aromatic rings. The Morgan fingerprint density at radius 3 is 2.44 bits per heavy atom. The number of piperidine rings is 1. The third-order valence-corrected chi connectivity index (χ3v) is 2.82. The van der Waals surface area contributed by atoms with Crippen LogP contribution >= 0.6 is 0 Å². The third kappa shape index (κ3) is 1.08. The van der Waals surface area contributed by atoms with E-state index in [4.69, 9.17) is 0 Å². The van der Waals surface area contributed by atoms with Gasteiger partial charge in [-0.15, -0.1) is 0 Å². The first-order chi connectivity index (χ1) is 3.79. The Kier molecular flexibility index (Phi) is 1.75. The predicted octanol–water partition coefficient (Wildman–Crippen LogP) is -2.87. The van der Waals surface area contributed by atoms with Crippen LogP contribution in [0.15, 0.2) is 0 Å². The average molecular weight is 148 g/mol. The van der Waals surface area contributed by atoms with Gasteiger partial charge >= 0.3 is 0 Å². The molecule has 1 saturated carbocycles. The molecule has 2 N–H and O–H groups in total. The van der Waals surface area contributed by atoms with Gasteiger partial charge in [0.25, 0.3) is 0 Å². The lowest BCUT2D eigenvalue weighted by Crippen LogP contribution is -3.00. The largest absolute Gasteiger partial charge is 1.00 e. The Morgan fingerprint density at radius 1 is 1.56 bits per heavy atom. The van der Waals surface area contributed by atoms with E-state index >= 15 is 0 Å². The predicted molar refractivity (Wildman–Crippen MR) is 32.5 cm³/mol. The first-order valence-corrected chi connectivity index (χ1v) is 3.63. The molecule has 0 amide bonds. The van der Waals surface area contributed by atoms with Gasteiger partial charge in [-0.05, 0) is 13.3 Å². The second-order valence-corrected chi connectivity index (χ2v) is 3.70. The molecule has 2 aliphatic rings. The van der Waals surface area contributed by atoms with Gasteiger partial charge < -0.3 is 17.7 Å². The lowest BCUT2D eigenvalue weighted by Gasteiger charge is -2.17. The molecular formula is C7H14ClN. The van der Waals surface area contributed by atoms with Crippen LogP contribution in [-0.4, -0.2) is 12.1 Å². The molecule has 0 spiro atoms. The fourth-order valence-corrected chi connectivity index (χ4v) is 2.24. The molecular weight excluding hydrogens is 134 g/mol. The van der Waals surface area contributed by atoms with Crippen LogP contribution in [-0.2, 0) is 0 Å². The monoisotopic (exact) mass is 147 g/mol. The molecule has 1 aliphatic heterocycles. The Balaban J connectivity index is 0.000000405. The van der Waals surface area contributed by atoms with Gasteiger partial charge in [0.2, 0.25) is 0 Å². The summed E-state index contributed by atoms with van der Waals surface area (Å²) >= 11 is 0. The minimum atomic E-state index is 0. The highest BCUT2D eigenvalue weighted by atomic mass is 35.5. The summed E-state index contributed by atoms with van der Waals surface area (Å²) in [6.45, 7) is 3.82. The van der Waals surface area contributed by atoms with Crippen LogP contribution in [0.2, 0.25) is 0 Å². The Morgan fingerprint density at radius 2 is 2.33 bits per heavy atom. The van der Waals surface area contributed by atoms with Crippen molar-refractivity contribution in [3.63, 3.8) is 0 Å². The van der Waals surface area contributed by atoms with Crippen LogP contribution in [0.3, 0.4) is 0 Å². The number of hydrogen-bond acceptors (Lipinski definition) is 0. The number of rotatable bonds is 0. The summed E-state index contributed by atoms with van der Waals surface area (Å²) in [7, 11) is 0. The van der Waals surface area contributed by atoms with E-state index < -0.39 is 0 Å². The number of quaternary nitrogens is 1. The van der Waals surface area contributed by atoms with Gasteiger partial charge in [-0.3, -0.25) is 0 Å². The Hall–Kier alpha value is 0.250. The van der Waals surface area contributed by atoms with Crippen molar-refractivity contribution in [3.8, 4) is 0 Å². The molecule has 2 rings (SSSR count). The van der Waals surface area contributed by atoms with Gasteiger partial charge in [0.15, 0.2) is 0 Å². The zero-order valence-electron chi connectivity index (χ0n) is 5.86. The lowest BCUT2D eigenvalue weighted by atomic mass is 10.0. The molecule has 2 bridgehead atoms. The maximum Gasteiger partial charge on any atom is 0.0938 e. The molecule has 1 aliphatic carbocycles. The SMILES string of the molecule is CC12CCC(C[NH2+]1)C2.[Cl-]. The van der Waals surface area contributed by atoms with E-state index in [9.17, 15) is 0 Å². The topological polar surface area (TPSA) is 16.6 Å². The van der Waals surface area contributed by atoms with E-state index in [2.05, 4.69) is 12.2 Å². The highest BCUT2D eigenvalue weighted by molar-refractivity contribution is 4.88. The summed E-state index contributed by atoms with van der Waals surface area (Å²) in [5.41, 5.74) is 0.685. The summed E-state index contributed by atoms with van der Waals surface area (Å²) in [5.74, 6) is 1.08. The molecule has 0 aromatic carbocycles. The maximum atomic E-state index is 2.53. The highest BCUT2D eigenvalue weighted by Gasteiger charge is 2.44. The van der Waals surface area contributed by atoms with Crippen molar-refractivity contribution in [1.29, 1.82) is 0 Å². The summed E-state index contributed by atoms with van der Waals surface area (Å²) in [6.07, 6.45) is 4.47. The molecule has 1 nitrogen and oxygen atoms in total. The summed E-state index contributed by atoms with van der Waals surface area (Å²) in [6, 6.07) is 0. The number of nitrogens with two attached hydrogens (primary N) is 1. The van der Waals surface area contributed by atoms with E-state index in [1.807, 2.05) is 0 Å². The summed E-state index contributed by atoms with van der Waals surface area (Å²) < 4.78 is 0. The molecule has 1 saturated heterocycles. The zero-order chi connectivity index (χ0) is 5.61. The lowest BCUT2D eigenvalue weighted by molar-refractivity contribution is -0.711. The molecule has 9 heavy (non-hydrogen) atoms. The quantitative estimate of drug-likeness (QED) is 0.380. The number of fused-ring (bicyclic) bond motifs is 2.